The maximum absolute atomic E-state index is 12.6. The number of carbonyl (C=O) groups excluding carboxylic acids is 2. The molecule has 1 spiro atoms. The van der Waals surface area contributed by atoms with Crippen molar-refractivity contribution in [2.75, 3.05) is 31.6 Å². The SMILES string of the molecule is O=C(/C=C/c1ccccc1)Nc1nc(CC(=O)N2CCC3(CC2)OCCO3)cs1. The maximum Gasteiger partial charge on any atom is 0.250 e. The van der Waals surface area contributed by atoms with Crippen molar-refractivity contribution < 1.29 is 19.1 Å². The Morgan fingerprint density at radius 2 is 1.90 bits per heavy atom. The van der Waals surface area contributed by atoms with Gasteiger partial charge in [-0.25, -0.2) is 4.98 Å². The van der Waals surface area contributed by atoms with Gasteiger partial charge in [-0.05, 0) is 11.6 Å². The van der Waals surface area contributed by atoms with E-state index in [4.69, 9.17) is 9.47 Å². The molecule has 2 aliphatic rings. The lowest BCUT2D eigenvalue weighted by molar-refractivity contribution is -0.187. The first-order valence-electron chi connectivity index (χ1n) is 9.66. The predicted octanol–water partition coefficient (Wildman–Crippen LogP) is 2.70. The van der Waals surface area contributed by atoms with Gasteiger partial charge in [0.15, 0.2) is 10.9 Å². The Morgan fingerprint density at radius 1 is 1.17 bits per heavy atom. The lowest BCUT2D eigenvalue weighted by atomic mass is 10.0. The third-order valence-electron chi connectivity index (χ3n) is 5.03. The zero-order valence-electron chi connectivity index (χ0n) is 16.0. The number of carbonyl (C=O) groups is 2. The quantitative estimate of drug-likeness (QED) is 0.763. The van der Waals surface area contributed by atoms with Crippen LogP contribution in [0.1, 0.15) is 24.1 Å². The van der Waals surface area contributed by atoms with Gasteiger partial charge in [0.25, 0.3) is 0 Å². The number of piperidine rings is 1. The second-order valence-electron chi connectivity index (χ2n) is 7.04. The van der Waals surface area contributed by atoms with Gasteiger partial charge in [0.05, 0.1) is 25.3 Å². The Balaban J connectivity index is 1.26. The van der Waals surface area contributed by atoms with Crippen LogP contribution in [-0.2, 0) is 25.5 Å². The number of nitrogens with one attached hydrogen (secondary N) is 1. The number of hydrogen-bond acceptors (Lipinski definition) is 6. The van der Waals surface area contributed by atoms with Crippen molar-refractivity contribution in [3.63, 3.8) is 0 Å². The summed E-state index contributed by atoms with van der Waals surface area (Å²) >= 11 is 1.32. The fraction of sp³-hybridized carbons (Fsp3) is 0.381. The Labute approximate surface area is 173 Å². The molecule has 0 radical (unpaired) electrons. The summed E-state index contributed by atoms with van der Waals surface area (Å²) in [7, 11) is 0. The van der Waals surface area contributed by atoms with E-state index in [2.05, 4.69) is 10.3 Å². The summed E-state index contributed by atoms with van der Waals surface area (Å²) in [6.45, 7) is 2.50. The molecule has 0 bridgehead atoms. The highest BCUT2D eigenvalue weighted by molar-refractivity contribution is 7.14. The van der Waals surface area contributed by atoms with Gasteiger partial charge in [-0.15, -0.1) is 11.3 Å². The fourth-order valence-electron chi connectivity index (χ4n) is 3.48. The van der Waals surface area contributed by atoms with Gasteiger partial charge in [-0.1, -0.05) is 30.3 Å². The number of anilines is 1. The molecule has 29 heavy (non-hydrogen) atoms. The molecular weight excluding hydrogens is 390 g/mol. The zero-order valence-corrected chi connectivity index (χ0v) is 16.8. The lowest BCUT2D eigenvalue weighted by Crippen LogP contribution is -2.47. The first-order chi connectivity index (χ1) is 14.1. The van der Waals surface area contributed by atoms with Gasteiger partial charge >= 0.3 is 0 Å². The molecule has 152 valence electrons. The van der Waals surface area contributed by atoms with Gasteiger partial charge in [-0.3, -0.25) is 14.9 Å². The molecule has 3 heterocycles. The first kappa shape index (κ1) is 19.8. The number of likely N-dealkylation sites (tertiary alicyclic amines) is 1. The van der Waals surface area contributed by atoms with Gasteiger partial charge in [0, 0.05) is 37.4 Å². The second-order valence-corrected chi connectivity index (χ2v) is 7.90. The molecule has 0 unspecified atom stereocenters. The minimum atomic E-state index is -0.484. The number of benzene rings is 1. The minimum Gasteiger partial charge on any atom is -0.347 e. The highest BCUT2D eigenvalue weighted by atomic mass is 32.1. The van der Waals surface area contributed by atoms with E-state index in [1.54, 1.807) is 6.08 Å². The van der Waals surface area contributed by atoms with Crippen LogP contribution >= 0.6 is 11.3 Å². The average molecular weight is 413 g/mol. The molecule has 0 saturated carbocycles. The molecular formula is C21H23N3O4S. The van der Waals surface area contributed by atoms with E-state index in [-0.39, 0.29) is 18.2 Å². The summed E-state index contributed by atoms with van der Waals surface area (Å²) in [5.74, 6) is -0.703. The van der Waals surface area contributed by atoms with Crippen molar-refractivity contribution in [3.05, 3.63) is 53.0 Å². The van der Waals surface area contributed by atoms with Crippen LogP contribution in [0.4, 0.5) is 5.13 Å². The average Bonchev–Trinajstić information content (AvgIpc) is 3.37. The van der Waals surface area contributed by atoms with E-state index in [1.807, 2.05) is 40.6 Å². The number of thiazole rings is 1. The molecule has 2 aromatic rings. The molecule has 4 rings (SSSR count). The molecule has 0 aliphatic carbocycles. The third kappa shape index (κ3) is 5.09. The molecule has 7 nitrogen and oxygen atoms in total. The standard InChI is InChI=1S/C21H23N3O4S/c25-18(7-6-16-4-2-1-3-5-16)23-20-22-17(15-29-20)14-19(26)24-10-8-21(9-11-24)27-12-13-28-21/h1-7,15H,8-14H2,(H,22,23,25)/b7-6+. The van der Waals surface area contributed by atoms with E-state index >= 15 is 0 Å². The maximum atomic E-state index is 12.6. The number of rotatable bonds is 5. The van der Waals surface area contributed by atoms with Crippen LogP contribution in [0, 0.1) is 0 Å². The summed E-state index contributed by atoms with van der Waals surface area (Å²) in [5, 5.41) is 5.04. The monoisotopic (exact) mass is 413 g/mol. The Bertz CT molecular complexity index is 880. The van der Waals surface area contributed by atoms with Crippen molar-refractivity contribution in [1.29, 1.82) is 0 Å². The summed E-state index contributed by atoms with van der Waals surface area (Å²) in [6.07, 6.45) is 4.84. The van der Waals surface area contributed by atoms with Gasteiger partial charge in [-0.2, -0.15) is 0 Å². The molecule has 8 heteroatoms. The summed E-state index contributed by atoms with van der Waals surface area (Å²) in [4.78, 5) is 30.8. The Hall–Kier alpha value is -2.55. The molecule has 2 aliphatic heterocycles. The molecule has 2 fully saturated rings. The van der Waals surface area contributed by atoms with Crippen LogP contribution in [0.15, 0.2) is 41.8 Å². The number of ether oxygens (including phenoxy) is 2. The van der Waals surface area contributed by atoms with Crippen molar-refractivity contribution in [2.45, 2.75) is 25.0 Å². The van der Waals surface area contributed by atoms with Crippen LogP contribution < -0.4 is 5.32 Å². The van der Waals surface area contributed by atoms with Crippen molar-refractivity contribution >= 4 is 34.4 Å². The molecule has 1 aromatic heterocycles. The molecule has 0 atom stereocenters. The van der Waals surface area contributed by atoms with Gasteiger partial charge in [0.2, 0.25) is 11.8 Å². The van der Waals surface area contributed by atoms with Crippen LogP contribution in [0.2, 0.25) is 0 Å². The predicted molar refractivity (Wildman–Crippen MR) is 110 cm³/mol. The van der Waals surface area contributed by atoms with E-state index in [1.165, 1.54) is 17.4 Å². The third-order valence-corrected chi connectivity index (χ3v) is 5.84. The zero-order chi connectivity index (χ0) is 20.1. The van der Waals surface area contributed by atoms with Gasteiger partial charge in [0.1, 0.15) is 0 Å². The topological polar surface area (TPSA) is 80.8 Å². The number of hydrogen-bond donors (Lipinski definition) is 1. The van der Waals surface area contributed by atoms with Crippen molar-refractivity contribution in [2.24, 2.45) is 0 Å². The number of amides is 2. The van der Waals surface area contributed by atoms with Crippen molar-refractivity contribution in [3.8, 4) is 0 Å². The first-order valence-corrected chi connectivity index (χ1v) is 10.5. The highest BCUT2D eigenvalue weighted by Crippen LogP contribution is 2.31. The van der Waals surface area contributed by atoms with Crippen LogP contribution in [0.3, 0.4) is 0 Å². The van der Waals surface area contributed by atoms with Crippen LogP contribution in [0.5, 0.6) is 0 Å². The summed E-state index contributed by atoms with van der Waals surface area (Å²) in [6, 6.07) is 9.60. The highest BCUT2D eigenvalue weighted by Gasteiger charge is 2.40. The van der Waals surface area contributed by atoms with Gasteiger partial charge < -0.3 is 14.4 Å². The van der Waals surface area contributed by atoms with E-state index < -0.39 is 5.79 Å². The second kappa shape index (κ2) is 8.86. The Morgan fingerprint density at radius 3 is 2.62 bits per heavy atom. The molecule has 2 saturated heterocycles. The normalized spacial score (nSPS) is 18.4. The van der Waals surface area contributed by atoms with Crippen LogP contribution in [-0.4, -0.2) is 53.8 Å². The number of nitrogens with zero attached hydrogens (tertiary/aromatic N) is 2. The smallest absolute Gasteiger partial charge is 0.250 e. The minimum absolute atomic E-state index is 0.0324. The van der Waals surface area contributed by atoms with Crippen molar-refractivity contribution in [1.82, 2.24) is 9.88 Å². The molecule has 1 aromatic carbocycles. The summed E-state index contributed by atoms with van der Waals surface area (Å²) in [5.41, 5.74) is 1.61. The van der Waals surface area contributed by atoms with E-state index in [0.717, 1.165) is 5.56 Å². The van der Waals surface area contributed by atoms with Crippen LogP contribution in [0.25, 0.3) is 6.08 Å². The van der Waals surface area contributed by atoms with E-state index in [9.17, 15) is 9.59 Å². The molecule has 1 N–H and O–H groups in total. The fourth-order valence-corrected chi connectivity index (χ4v) is 4.19. The van der Waals surface area contributed by atoms with E-state index in [0.29, 0.717) is 50.0 Å². The summed E-state index contributed by atoms with van der Waals surface area (Å²) < 4.78 is 11.4. The number of aromatic nitrogens is 1. The molecule has 2 amide bonds. The lowest BCUT2D eigenvalue weighted by Gasteiger charge is -2.37. The Kier molecular flexibility index (Phi) is 6.03. The largest absolute Gasteiger partial charge is 0.347 e.